The van der Waals surface area contributed by atoms with Crippen LogP contribution in [0.15, 0.2) is 36.4 Å². The quantitative estimate of drug-likeness (QED) is 0.764. The molecule has 0 spiro atoms. The molecular formula is C20H20F3NO3. The summed E-state index contributed by atoms with van der Waals surface area (Å²) in [5.41, 5.74) is 2.24. The molecule has 2 aromatic carbocycles. The minimum absolute atomic E-state index is 0.0493. The zero-order valence-electron chi connectivity index (χ0n) is 15.0. The van der Waals surface area contributed by atoms with Crippen LogP contribution in [-0.2, 0) is 28.7 Å². The Morgan fingerprint density at radius 1 is 1.07 bits per heavy atom. The van der Waals surface area contributed by atoms with Gasteiger partial charge in [0, 0.05) is 6.54 Å². The maximum atomic E-state index is 13.1. The first-order chi connectivity index (χ1) is 12.6. The molecule has 0 heterocycles. The third-order valence-electron chi connectivity index (χ3n) is 4.07. The molecule has 2 N–H and O–H groups in total. The van der Waals surface area contributed by atoms with E-state index in [1.54, 1.807) is 18.2 Å². The number of hydrogen-bond donors (Lipinski definition) is 2. The summed E-state index contributed by atoms with van der Waals surface area (Å²) >= 11 is 0. The Balaban J connectivity index is 2.51. The van der Waals surface area contributed by atoms with Gasteiger partial charge in [0.1, 0.15) is 5.78 Å². The maximum absolute atomic E-state index is 13.1. The van der Waals surface area contributed by atoms with E-state index in [0.717, 1.165) is 17.7 Å². The number of carbonyl (C=O) groups is 2. The lowest BCUT2D eigenvalue weighted by Crippen LogP contribution is -2.21. The molecule has 0 bridgehead atoms. The second-order valence-corrected chi connectivity index (χ2v) is 6.40. The van der Waals surface area contributed by atoms with E-state index in [-0.39, 0.29) is 25.3 Å². The number of benzene rings is 2. The van der Waals surface area contributed by atoms with E-state index < -0.39 is 17.7 Å². The topological polar surface area (TPSA) is 66.4 Å². The summed E-state index contributed by atoms with van der Waals surface area (Å²) in [4.78, 5) is 22.1. The molecule has 27 heavy (non-hydrogen) atoms. The van der Waals surface area contributed by atoms with Gasteiger partial charge in [0.25, 0.3) is 0 Å². The highest BCUT2D eigenvalue weighted by Gasteiger charge is 2.31. The van der Waals surface area contributed by atoms with Crippen molar-refractivity contribution in [3.63, 3.8) is 0 Å². The van der Waals surface area contributed by atoms with Gasteiger partial charge in [0.2, 0.25) is 0 Å². The first kappa shape index (κ1) is 20.6. The fourth-order valence-corrected chi connectivity index (χ4v) is 2.80. The lowest BCUT2D eigenvalue weighted by Gasteiger charge is -2.16. The van der Waals surface area contributed by atoms with Crippen LogP contribution in [0.1, 0.15) is 29.2 Å². The minimum atomic E-state index is -4.48. The van der Waals surface area contributed by atoms with Gasteiger partial charge in [-0.3, -0.25) is 9.59 Å². The van der Waals surface area contributed by atoms with Crippen molar-refractivity contribution in [1.29, 1.82) is 0 Å². The van der Waals surface area contributed by atoms with Crippen LogP contribution < -0.4 is 5.32 Å². The molecule has 0 aromatic heterocycles. The van der Waals surface area contributed by atoms with Crippen molar-refractivity contribution in [2.45, 2.75) is 33.0 Å². The number of aryl methyl sites for hydroxylation is 1. The van der Waals surface area contributed by atoms with Crippen molar-refractivity contribution >= 4 is 11.8 Å². The highest BCUT2D eigenvalue weighted by molar-refractivity contribution is 5.78. The highest BCUT2D eigenvalue weighted by atomic mass is 19.4. The third kappa shape index (κ3) is 5.65. The van der Waals surface area contributed by atoms with Gasteiger partial charge in [-0.15, -0.1) is 0 Å². The second kappa shape index (κ2) is 8.35. The first-order valence-corrected chi connectivity index (χ1v) is 8.30. The Bertz CT molecular complexity index is 860. The third-order valence-corrected chi connectivity index (χ3v) is 4.07. The largest absolute Gasteiger partial charge is 0.481 e. The lowest BCUT2D eigenvalue weighted by molar-refractivity contribution is -0.138. The van der Waals surface area contributed by atoms with Gasteiger partial charge in [-0.2, -0.15) is 13.2 Å². The van der Waals surface area contributed by atoms with E-state index in [2.05, 4.69) is 5.32 Å². The van der Waals surface area contributed by atoms with Gasteiger partial charge >= 0.3 is 12.1 Å². The van der Waals surface area contributed by atoms with Crippen LogP contribution in [0.2, 0.25) is 0 Å². The predicted molar refractivity (Wildman–Crippen MR) is 95.3 cm³/mol. The van der Waals surface area contributed by atoms with Gasteiger partial charge in [-0.25, -0.2) is 0 Å². The first-order valence-electron chi connectivity index (χ1n) is 8.30. The number of carboxylic acids is 1. The molecule has 0 aliphatic carbocycles. The molecule has 0 aliphatic heterocycles. The van der Waals surface area contributed by atoms with Crippen LogP contribution in [0.5, 0.6) is 0 Å². The number of Topliss-reactive ketones (excluding diaryl/α,β-unsaturated/α-hetero) is 1. The molecule has 144 valence electrons. The fraction of sp³-hybridized carbons (Fsp3) is 0.300. The molecule has 2 rings (SSSR count). The molecule has 4 nitrogen and oxygen atoms in total. The molecule has 0 atom stereocenters. The Morgan fingerprint density at radius 3 is 2.37 bits per heavy atom. The van der Waals surface area contributed by atoms with E-state index >= 15 is 0 Å². The molecule has 0 fully saturated rings. The van der Waals surface area contributed by atoms with E-state index in [1.807, 2.05) is 6.92 Å². The summed E-state index contributed by atoms with van der Waals surface area (Å²) in [6, 6.07) is 8.57. The standard InChI is InChI=1S/C20H20F3NO3/c1-12-3-4-14(8-19(26)27)7-18(12)17-6-5-16(20(21,22)23)9-15(17)11-24-10-13(2)25/h3-7,9,24H,8,10-11H2,1-2H3,(H,26,27). The summed E-state index contributed by atoms with van der Waals surface area (Å²) < 4.78 is 39.3. The van der Waals surface area contributed by atoms with Crippen LogP contribution in [-0.4, -0.2) is 23.4 Å². The van der Waals surface area contributed by atoms with Gasteiger partial charge in [0.15, 0.2) is 0 Å². The monoisotopic (exact) mass is 379 g/mol. The van der Waals surface area contributed by atoms with Crippen LogP contribution in [0.25, 0.3) is 11.1 Å². The van der Waals surface area contributed by atoms with E-state index in [4.69, 9.17) is 5.11 Å². The average molecular weight is 379 g/mol. The molecule has 0 saturated heterocycles. The van der Waals surface area contributed by atoms with Gasteiger partial charge in [0.05, 0.1) is 18.5 Å². The van der Waals surface area contributed by atoms with Crippen LogP contribution in [0, 0.1) is 6.92 Å². The van der Waals surface area contributed by atoms with Crippen molar-refractivity contribution in [1.82, 2.24) is 5.32 Å². The molecule has 7 heteroatoms. The molecule has 0 radical (unpaired) electrons. The number of hydrogen-bond acceptors (Lipinski definition) is 3. The SMILES string of the molecule is CC(=O)CNCc1cc(C(F)(F)F)ccc1-c1cc(CC(=O)O)ccc1C. The summed E-state index contributed by atoms with van der Waals surface area (Å²) in [6.45, 7) is 3.33. The minimum Gasteiger partial charge on any atom is -0.481 e. The van der Waals surface area contributed by atoms with Crippen LogP contribution >= 0.6 is 0 Å². The zero-order chi connectivity index (χ0) is 20.2. The summed E-state index contributed by atoms with van der Waals surface area (Å²) in [6.07, 6.45) is -4.65. The van der Waals surface area contributed by atoms with Crippen molar-refractivity contribution in [2.75, 3.05) is 6.54 Å². The van der Waals surface area contributed by atoms with E-state index in [1.165, 1.54) is 13.0 Å². The van der Waals surface area contributed by atoms with Gasteiger partial charge in [-0.1, -0.05) is 24.3 Å². The second-order valence-electron chi connectivity index (χ2n) is 6.40. The van der Waals surface area contributed by atoms with Crippen molar-refractivity contribution in [3.05, 3.63) is 58.7 Å². The molecule has 0 unspecified atom stereocenters. The van der Waals surface area contributed by atoms with Gasteiger partial charge < -0.3 is 10.4 Å². The predicted octanol–water partition coefficient (Wildman–Crippen LogP) is 3.99. The van der Waals surface area contributed by atoms with Crippen molar-refractivity contribution in [2.24, 2.45) is 0 Å². The highest BCUT2D eigenvalue weighted by Crippen LogP contribution is 2.34. The normalized spacial score (nSPS) is 11.4. The van der Waals surface area contributed by atoms with Crippen molar-refractivity contribution in [3.8, 4) is 11.1 Å². The summed E-state index contributed by atoms with van der Waals surface area (Å²) in [7, 11) is 0. The molecule has 0 saturated carbocycles. The van der Waals surface area contributed by atoms with Gasteiger partial charge in [-0.05, 0) is 53.8 Å². The molecule has 2 aromatic rings. The average Bonchev–Trinajstić information content (AvgIpc) is 2.55. The van der Waals surface area contributed by atoms with Crippen molar-refractivity contribution < 1.29 is 27.9 Å². The van der Waals surface area contributed by atoms with Crippen LogP contribution in [0.4, 0.5) is 13.2 Å². The number of carbonyl (C=O) groups excluding carboxylic acids is 1. The Morgan fingerprint density at radius 2 is 1.78 bits per heavy atom. The molecule has 0 aliphatic rings. The van der Waals surface area contributed by atoms with Crippen LogP contribution in [0.3, 0.4) is 0 Å². The molecular weight excluding hydrogens is 359 g/mol. The number of aliphatic carboxylic acids is 1. The lowest BCUT2D eigenvalue weighted by atomic mass is 9.92. The Kier molecular flexibility index (Phi) is 6.38. The number of rotatable bonds is 7. The summed E-state index contributed by atoms with van der Waals surface area (Å²) in [5, 5.41) is 11.8. The number of carboxylic acid groups (broad SMARTS) is 1. The molecule has 0 amide bonds. The number of alkyl halides is 3. The smallest absolute Gasteiger partial charge is 0.416 e. The maximum Gasteiger partial charge on any atom is 0.416 e. The van der Waals surface area contributed by atoms with E-state index in [0.29, 0.717) is 22.3 Å². The Labute approximate surface area is 155 Å². The fourth-order valence-electron chi connectivity index (χ4n) is 2.80. The number of halogens is 3. The zero-order valence-corrected chi connectivity index (χ0v) is 15.0. The summed E-state index contributed by atoms with van der Waals surface area (Å²) in [5.74, 6) is -1.11. The number of nitrogens with one attached hydrogen (secondary N) is 1. The van der Waals surface area contributed by atoms with E-state index in [9.17, 15) is 22.8 Å². The Hall–Kier alpha value is -2.67. The number of ketones is 1.